The summed E-state index contributed by atoms with van der Waals surface area (Å²) in [5.41, 5.74) is -3.05. The quantitative estimate of drug-likeness (QED) is 0.466. The zero-order valence-corrected chi connectivity index (χ0v) is 16.7. The summed E-state index contributed by atoms with van der Waals surface area (Å²) in [5.74, 6) is -6.86. The van der Waals surface area contributed by atoms with Gasteiger partial charge in [0.25, 0.3) is 5.91 Å². The molecule has 1 amide bonds. The average Bonchev–Trinajstić information content (AvgIpc) is 2.72. The van der Waals surface area contributed by atoms with Gasteiger partial charge in [-0.2, -0.15) is 0 Å². The molecule has 0 aliphatic rings. The topological polar surface area (TPSA) is 116 Å². The van der Waals surface area contributed by atoms with Crippen LogP contribution in [0.25, 0.3) is 0 Å². The Morgan fingerprint density at radius 1 is 1.13 bits per heavy atom. The van der Waals surface area contributed by atoms with Crippen LogP contribution >= 0.6 is 0 Å². The number of carbonyl (C=O) groups excluding carboxylic acids is 2. The Morgan fingerprint density at radius 2 is 1.71 bits per heavy atom. The third-order valence-electron chi connectivity index (χ3n) is 4.28. The first-order valence-electron chi connectivity index (χ1n) is 8.66. The lowest BCUT2D eigenvalue weighted by Gasteiger charge is -2.19. The summed E-state index contributed by atoms with van der Waals surface area (Å²) in [6.45, 7) is -0.943. The number of halogens is 3. The van der Waals surface area contributed by atoms with Gasteiger partial charge in [-0.05, 0) is 0 Å². The molecule has 1 aromatic heterocycles. The Kier molecular flexibility index (Phi) is 7.78. The molecule has 1 heterocycles. The Balaban J connectivity index is 2.43. The van der Waals surface area contributed by atoms with E-state index in [2.05, 4.69) is 10.1 Å². The van der Waals surface area contributed by atoms with Crippen LogP contribution in [0.5, 0.6) is 5.75 Å². The second-order valence-electron chi connectivity index (χ2n) is 6.14. The van der Waals surface area contributed by atoms with Crippen molar-refractivity contribution in [1.29, 1.82) is 0 Å². The summed E-state index contributed by atoms with van der Waals surface area (Å²) in [4.78, 5) is 36.9. The van der Waals surface area contributed by atoms with Crippen molar-refractivity contribution in [1.82, 2.24) is 9.88 Å². The minimum absolute atomic E-state index is 0.229. The number of carbonyl (C=O) groups is 2. The van der Waals surface area contributed by atoms with Gasteiger partial charge >= 0.3 is 5.97 Å². The van der Waals surface area contributed by atoms with Crippen molar-refractivity contribution in [2.24, 2.45) is 0 Å². The van der Waals surface area contributed by atoms with E-state index < -0.39 is 70.2 Å². The lowest BCUT2D eigenvalue weighted by atomic mass is 10.1. The number of aromatic nitrogens is 1. The van der Waals surface area contributed by atoms with Crippen LogP contribution in [0.15, 0.2) is 23.1 Å². The van der Waals surface area contributed by atoms with E-state index in [-0.39, 0.29) is 6.54 Å². The van der Waals surface area contributed by atoms with Gasteiger partial charge in [-0.15, -0.1) is 0 Å². The van der Waals surface area contributed by atoms with Crippen molar-refractivity contribution in [2.75, 3.05) is 21.3 Å². The molecule has 2 N–H and O–H groups in total. The first-order chi connectivity index (χ1) is 14.6. The Hall–Kier alpha value is -3.38. The Morgan fingerprint density at radius 3 is 2.23 bits per heavy atom. The van der Waals surface area contributed by atoms with Crippen molar-refractivity contribution in [2.45, 2.75) is 19.4 Å². The van der Waals surface area contributed by atoms with Crippen molar-refractivity contribution >= 4 is 11.9 Å². The van der Waals surface area contributed by atoms with Crippen LogP contribution in [0.1, 0.15) is 26.4 Å². The largest absolute Gasteiger partial charge is 0.502 e. The highest BCUT2D eigenvalue weighted by Gasteiger charge is 2.26. The first kappa shape index (κ1) is 23.9. The lowest BCUT2D eigenvalue weighted by Crippen LogP contribution is -2.33. The maximum atomic E-state index is 13.8. The van der Waals surface area contributed by atoms with Crippen molar-refractivity contribution in [3.05, 3.63) is 62.8 Å². The minimum atomic E-state index is -1.23. The highest BCUT2D eigenvalue weighted by molar-refractivity contribution is 5.96. The summed E-state index contributed by atoms with van der Waals surface area (Å²) in [5, 5.41) is 12.3. The second-order valence-corrected chi connectivity index (χ2v) is 6.14. The molecule has 0 bridgehead atoms. The highest BCUT2D eigenvalue weighted by Crippen LogP contribution is 2.18. The average molecular weight is 444 g/mol. The molecule has 2 aromatic rings. The fraction of sp³-hybridized carbons (Fsp3) is 0.316. The summed E-state index contributed by atoms with van der Waals surface area (Å²) in [6.07, 6.45) is 0.00937. The van der Waals surface area contributed by atoms with Crippen molar-refractivity contribution in [3.63, 3.8) is 0 Å². The van der Waals surface area contributed by atoms with Crippen LogP contribution in [0.4, 0.5) is 13.2 Å². The molecule has 168 valence electrons. The van der Waals surface area contributed by atoms with Gasteiger partial charge in [0.05, 0.1) is 13.7 Å². The molecule has 12 heteroatoms. The maximum absolute atomic E-state index is 13.8. The van der Waals surface area contributed by atoms with Gasteiger partial charge in [0.15, 0.2) is 17.7 Å². The molecule has 0 atom stereocenters. The van der Waals surface area contributed by atoms with Gasteiger partial charge in [0, 0.05) is 44.7 Å². The van der Waals surface area contributed by atoms with E-state index in [0.29, 0.717) is 12.1 Å². The monoisotopic (exact) mass is 444 g/mol. The van der Waals surface area contributed by atoms with E-state index >= 15 is 0 Å². The van der Waals surface area contributed by atoms with Gasteiger partial charge < -0.3 is 29.2 Å². The van der Waals surface area contributed by atoms with Crippen LogP contribution in [0.2, 0.25) is 0 Å². The normalized spacial score (nSPS) is 10.9. The van der Waals surface area contributed by atoms with Crippen molar-refractivity contribution in [3.8, 4) is 5.75 Å². The number of nitrogens with zero attached hydrogens (tertiary/aromatic N) is 1. The molecule has 0 spiro atoms. The van der Waals surface area contributed by atoms with Gasteiger partial charge in [0.1, 0.15) is 23.0 Å². The van der Waals surface area contributed by atoms with E-state index in [0.717, 1.165) is 17.9 Å². The van der Waals surface area contributed by atoms with Crippen LogP contribution in [0, 0.1) is 17.5 Å². The summed E-state index contributed by atoms with van der Waals surface area (Å²) >= 11 is 0. The van der Waals surface area contributed by atoms with E-state index in [9.17, 15) is 32.7 Å². The number of benzene rings is 1. The fourth-order valence-electron chi connectivity index (χ4n) is 2.68. The molecule has 9 nitrogen and oxygen atoms in total. The van der Waals surface area contributed by atoms with Gasteiger partial charge in [-0.1, -0.05) is 0 Å². The first-order valence-corrected chi connectivity index (χ1v) is 8.66. The summed E-state index contributed by atoms with van der Waals surface area (Å²) in [6, 6.07) is 0.869. The number of rotatable bonds is 8. The molecule has 2 rings (SSSR count). The zero-order chi connectivity index (χ0) is 23.3. The summed E-state index contributed by atoms with van der Waals surface area (Å²) < 4.78 is 56.1. The molecule has 0 aliphatic heterocycles. The second kappa shape index (κ2) is 10.1. The number of pyridine rings is 1. The standard InChI is InChI=1S/C19H19F3N2O7/c1-29-14(30-2)8-24-7-11(16(25)17(26)15(24)19(28)31-3)18(27)23-6-10-12(21)4-9(20)5-13(10)22/h4-5,7,14,26H,6,8H2,1-3H3,(H,23,27). The number of hydrogen-bond acceptors (Lipinski definition) is 7. The van der Waals surface area contributed by atoms with Gasteiger partial charge in [-0.3, -0.25) is 9.59 Å². The van der Waals surface area contributed by atoms with Crippen LogP contribution in [-0.4, -0.2) is 49.2 Å². The maximum Gasteiger partial charge on any atom is 0.358 e. The summed E-state index contributed by atoms with van der Waals surface area (Å²) in [7, 11) is 3.62. The van der Waals surface area contributed by atoms with E-state index in [1.54, 1.807) is 0 Å². The Bertz CT molecular complexity index is 1030. The highest BCUT2D eigenvalue weighted by atomic mass is 19.1. The molecular weight excluding hydrogens is 425 g/mol. The number of hydrogen-bond donors (Lipinski definition) is 2. The van der Waals surface area contributed by atoms with E-state index in [1.165, 1.54) is 14.2 Å². The minimum Gasteiger partial charge on any atom is -0.502 e. The fourth-order valence-corrected chi connectivity index (χ4v) is 2.68. The molecule has 0 saturated carbocycles. The number of ether oxygens (including phenoxy) is 3. The third kappa shape index (κ3) is 5.22. The molecule has 0 saturated heterocycles. The predicted octanol–water partition coefficient (Wildman–Crippen LogP) is 1.31. The van der Waals surface area contributed by atoms with Gasteiger partial charge in [0.2, 0.25) is 5.43 Å². The molecule has 0 unspecified atom stereocenters. The Labute approximate surface area is 174 Å². The lowest BCUT2D eigenvalue weighted by molar-refractivity contribution is -0.111. The predicted molar refractivity (Wildman–Crippen MR) is 99.0 cm³/mol. The van der Waals surface area contributed by atoms with Crippen molar-refractivity contribution < 1.29 is 42.1 Å². The van der Waals surface area contributed by atoms with E-state index in [4.69, 9.17) is 9.47 Å². The molecule has 0 aliphatic carbocycles. The molecular formula is C19H19F3N2O7. The van der Waals surface area contributed by atoms with Gasteiger partial charge in [-0.25, -0.2) is 18.0 Å². The third-order valence-corrected chi connectivity index (χ3v) is 4.28. The molecule has 31 heavy (non-hydrogen) atoms. The van der Waals surface area contributed by atoms with E-state index in [1.807, 2.05) is 0 Å². The van der Waals surface area contributed by atoms with Crippen LogP contribution in [0.3, 0.4) is 0 Å². The van der Waals surface area contributed by atoms with Crippen LogP contribution in [-0.2, 0) is 27.3 Å². The number of aromatic hydroxyl groups is 1. The molecule has 0 fully saturated rings. The number of amides is 1. The zero-order valence-electron chi connectivity index (χ0n) is 16.7. The number of esters is 1. The SMILES string of the molecule is COC(=O)c1c(O)c(=O)c(C(=O)NCc2c(F)cc(F)cc2F)cn1CC(OC)OC. The molecule has 0 radical (unpaired) electrons. The smallest absolute Gasteiger partial charge is 0.358 e. The van der Waals surface area contributed by atoms with Crippen LogP contribution < -0.4 is 10.7 Å². The number of methoxy groups -OCH3 is 3. The number of nitrogens with one attached hydrogen (secondary N) is 1. The molecule has 1 aromatic carbocycles.